The number of benzene rings is 2. The highest BCUT2D eigenvalue weighted by Crippen LogP contribution is 2.43. The van der Waals surface area contributed by atoms with Gasteiger partial charge in [0.05, 0.1) is 0 Å². The molecular weight excluding hydrogens is 248 g/mol. The second kappa shape index (κ2) is 5.12. The molecule has 2 aromatic carbocycles. The minimum atomic E-state index is -0.650. The molecule has 1 heterocycles. The summed E-state index contributed by atoms with van der Waals surface area (Å²) < 4.78 is 5.60. The Morgan fingerprint density at radius 3 is 1.90 bits per heavy atom. The van der Waals surface area contributed by atoms with Crippen molar-refractivity contribution in [3.05, 3.63) is 71.8 Å². The molecule has 1 aliphatic rings. The summed E-state index contributed by atoms with van der Waals surface area (Å²) in [5.74, 6) is -0.123. The Labute approximate surface area is 119 Å². The number of ether oxygens (including phenoxy) is 1. The number of hydrogen-bond donors (Lipinski definition) is 0. The van der Waals surface area contributed by atoms with Gasteiger partial charge in [-0.1, -0.05) is 67.6 Å². The van der Waals surface area contributed by atoms with Crippen molar-refractivity contribution in [2.24, 2.45) is 0 Å². The Bertz CT molecular complexity index is 550. The smallest absolute Gasteiger partial charge is 0.321 e. The van der Waals surface area contributed by atoms with E-state index in [2.05, 4.69) is 6.92 Å². The van der Waals surface area contributed by atoms with Crippen LogP contribution in [0.4, 0.5) is 0 Å². The van der Waals surface area contributed by atoms with E-state index in [1.807, 2.05) is 60.7 Å². The summed E-state index contributed by atoms with van der Waals surface area (Å²) in [4.78, 5) is 12.6. The van der Waals surface area contributed by atoms with Crippen molar-refractivity contribution in [3.8, 4) is 0 Å². The molecule has 2 aromatic rings. The van der Waals surface area contributed by atoms with Gasteiger partial charge in [-0.3, -0.25) is 4.79 Å². The van der Waals surface area contributed by atoms with Crippen molar-refractivity contribution in [2.45, 2.75) is 31.3 Å². The third-order valence-corrected chi connectivity index (χ3v) is 4.14. The van der Waals surface area contributed by atoms with Gasteiger partial charge in [0.15, 0.2) is 0 Å². The summed E-state index contributed by atoms with van der Waals surface area (Å²) >= 11 is 0. The van der Waals surface area contributed by atoms with Crippen molar-refractivity contribution < 1.29 is 9.53 Å². The Kier molecular flexibility index (Phi) is 3.31. The van der Waals surface area contributed by atoms with Crippen LogP contribution in [0.1, 0.15) is 30.9 Å². The van der Waals surface area contributed by atoms with Crippen LogP contribution in [0, 0.1) is 0 Å². The van der Waals surface area contributed by atoms with E-state index < -0.39 is 5.41 Å². The minimum Gasteiger partial charge on any atom is -0.461 e. The lowest BCUT2D eigenvalue weighted by Gasteiger charge is -2.26. The fourth-order valence-electron chi connectivity index (χ4n) is 3.03. The third-order valence-electron chi connectivity index (χ3n) is 4.14. The first-order chi connectivity index (χ1) is 9.77. The molecule has 3 rings (SSSR count). The largest absolute Gasteiger partial charge is 0.461 e. The molecule has 0 aromatic heterocycles. The molecule has 2 nitrogen and oxygen atoms in total. The second-order valence-electron chi connectivity index (χ2n) is 5.28. The van der Waals surface area contributed by atoms with Gasteiger partial charge in [0.2, 0.25) is 0 Å². The molecule has 0 aliphatic carbocycles. The zero-order valence-corrected chi connectivity index (χ0v) is 11.6. The first kappa shape index (κ1) is 12.9. The van der Waals surface area contributed by atoms with Crippen molar-refractivity contribution in [3.63, 3.8) is 0 Å². The lowest BCUT2D eigenvalue weighted by molar-refractivity contribution is -0.144. The molecule has 2 heteroatoms. The lowest BCUT2D eigenvalue weighted by atomic mass is 9.72. The average Bonchev–Trinajstić information content (AvgIpc) is 2.87. The van der Waals surface area contributed by atoms with Crippen LogP contribution in [0.25, 0.3) is 0 Å². The molecule has 1 saturated heterocycles. The Morgan fingerprint density at radius 1 is 1.00 bits per heavy atom. The summed E-state index contributed by atoms with van der Waals surface area (Å²) in [5.41, 5.74) is 1.39. The highest BCUT2D eigenvalue weighted by Gasteiger charge is 2.50. The molecule has 0 radical (unpaired) electrons. The summed E-state index contributed by atoms with van der Waals surface area (Å²) in [5, 5.41) is 0. The Balaban J connectivity index is 2.17. The molecule has 0 N–H and O–H groups in total. The molecular formula is C18H18O2. The maximum Gasteiger partial charge on any atom is 0.321 e. The van der Waals surface area contributed by atoms with Crippen LogP contribution in [-0.4, -0.2) is 12.1 Å². The van der Waals surface area contributed by atoms with Crippen LogP contribution in [0.15, 0.2) is 60.7 Å². The van der Waals surface area contributed by atoms with Crippen molar-refractivity contribution in [2.75, 3.05) is 0 Å². The SMILES string of the molecule is CCC1CC(c2ccccc2)(c2ccccc2)C(=O)O1. The highest BCUT2D eigenvalue weighted by molar-refractivity contribution is 5.89. The van der Waals surface area contributed by atoms with Gasteiger partial charge in [0, 0.05) is 6.42 Å². The van der Waals surface area contributed by atoms with Crippen molar-refractivity contribution in [1.82, 2.24) is 0 Å². The van der Waals surface area contributed by atoms with Gasteiger partial charge in [0.1, 0.15) is 11.5 Å². The van der Waals surface area contributed by atoms with Crippen LogP contribution in [-0.2, 0) is 14.9 Å². The lowest BCUT2D eigenvalue weighted by Crippen LogP contribution is -2.32. The fourth-order valence-corrected chi connectivity index (χ4v) is 3.03. The maximum atomic E-state index is 12.6. The average molecular weight is 266 g/mol. The van der Waals surface area contributed by atoms with E-state index in [1.165, 1.54) is 0 Å². The van der Waals surface area contributed by atoms with E-state index in [-0.39, 0.29) is 12.1 Å². The number of carbonyl (C=O) groups excluding carboxylic acids is 1. The maximum absolute atomic E-state index is 12.6. The normalized spacial score (nSPS) is 20.6. The monoisotopic (exact) mass is 266 g/mol. The zero-order valence-electron chi connectivity index (χ0n) is 11.6. The highest BCUT2D eigenvalue weighted by atomic mass is 16.6. The second-order valence-corrected chi connectivity index (χ2v) is 5.28. The molecule has 0 spiro atoms. The topological polar surface area (TPSA) is 26.3 Å². The quantitative estimate of drug-likeness (QED) is 0.792. The molecule has 102 valence electrons. The van der Waals surface area contributed by atoms with Crippen LogP contribution in [0.5, 0.6) is 0 Å². The summed E-state index contributed by atoms with van der Waals surface area (Å²) in [6.45, 7) is 2.06. The van der Waals surface area contributed by atoms with Gasteiger partial charge in [-0.15, -0.1) is 0 Å². The van der Waals surface area contributed by atoms with Gasteiger partial charge in [0.25, 0.3) is 0 Å². The first-order valence-corrected chi connectivity index (χ1v) is 7.09. The molecule has 1 unspecified atom stereocenters. The minimum absolute atomic E-state index is 0.00270. The van der Waals surface area contributed by atoms with Crippen LogP contribution in [0.2, 0.25) is 0 Å². The van der Waals surface area contributed by atoms with Crippen molar-refractivity contribution >= 4 is 5.97 Å². The summed E-state index contributed by atoms with van der Waals surface area (Å²) in [6, 6.07) is 19.9. The van der Waals surface area contributed by atoms with Gasteiger partial charge >= 0.3 is 5.97 Å². The molecule has 0 saturated carbocycles. The number of cyclic esters (lactones) is 1. The Morgan fingerprint density at radius 2 is 1.50 bits per heavy atom. The predicted molar refractivity (Wildman–Crippen MR) is 78.5 cm³/mol. The van der Waals surface area contributed by atoms with E-state index >= 15 is 0 Å². The standard InChI is InChI=1S/C18H18O2/c1-2-16-13-18(17(19)20-16,14-9-5-3-6-10-14)15-11-7-4-8-12-15/h3-12,16H,2,13H2,1H3. The van der Waals surface area contributed by atoms with E-state index in [0.29, 0.717) is 0 Å². The van der Waals surface area contributed by atoms with E-state index in [9.17, 15) is 4.79 Å². The third kappa shape index (κ3) is 1.92. The van der Waals surface area contributed by atoms with Crippen LogP contribution < -0.4 is 0 Å². The molecule has 0 bridgehead atoms. The molecule has 1 fully saturated rings. The van der Waals surface area contributed by atoms with Crippen molar-refractivity contribution in [1.29, 1.82) is 0 Å². The zero-order chi connectivity index (χ0) is 14.0. The Hall–Kier alpha value is -2.09. The van der Waals surface area contributed by atoms with E-state index in [4.69, 9.17) is 4.74 Å². The number of hydrogen-bond acceptors (Lipinski definition) is 2. The summed E-state index contributed by atoms with van der Waals surface area (Å²) in [6.07, 6.45) is 1.58. The molecule has 1 atom stereocenters. The van der Waals surface area contributed by atoms with Gasteiger partial charge < -0.3 is 4.74 Å². The van der Waals surface area contributed by atoms with E-state index in [1.54, 1.807) is 0 Å². The van der Waals surface area contributed by atoms with Gasteiger partial charge in [-0.2, -0.15) is 0 Å². The first-order valence-electron chi connectivity index (χ1n) is 7.09. The van der Waals surface area contributed by atoms with Gasteiger partial charge in [-0.25, -0.2) is 0 Å². The predicted octanol–water partition coefficient (Wildman–Crippen LogP) is 3.70. The molecule has 20 heavy (non-hydrogen) atoms. The fraction of sp³-hybridized carbons (Fsp3) is 0.278. The summed E-state index contributed by atoms with van der Waals surface area (Å²) in [7, 11) is 0. The van der Waals surface area contributed by atoms with Gasteiger partial charge in [-0.05, 0) is 17.5 Å². The van der Waals surface area contributed by atoms with Crippen LogP contribution >= 0.6 is 0 Å². The number of esters is 1. The van der Waals surface area contributed by atoms with Crippen LogP contribution in [0.3, 0.4) is 0 Å². The number of rotatable bonds is 3. The molecule has 0 amide bonds. The molecule has 1 aliphatic heterocycles. The number of carbonyl (C=O) groups is 1. The van der Waals surface area contributed by atoms with E-state index in [0.717, 1.165) is 24.0 Å².